The van der Waals surface area contributed by atoms with Crippen molar-refractivity contribution in [2.75, 3.05) is 10.5 Å². The van der Waals surface area contributed by atoms with Gasteiger partial charge in [0.2, 0.25) is 5.78 Å². The van der Waals surface area contributed by atoms with E-state index in [0.717, 1.165) is 5.56 Å². The number of nitrogen functional groups attached to an aromatic ring is 1. The highest BCUT2D eigenvalue weighted by Crippen LogP contribution is 2.34. The van der Waals surface area contributed by atoms with Crippen molar-refractivity contribution in [3.05, 3.63) is 89.5 Å². The predicted molar refractivity (Wildman–Crippen MR) is 152 cm³/mol. The summed E-state index contributed by atoms with van der Waals surface area (Å²) in [5.74, 6) is -0.183. The Morgan fingerprint density at radius 3 is 2.65 bits per heavy atom. The molecule has 0 aliphatic rings. The molecule has 5 aromatic rings. The molecule has 0 spiro atoms. The van der Waals surface area contributed by atoms with Crippen molar-refractivity contribution in [1.29, 1.82) is 0 Å². The van der Waals surface area contributed by atoms with E-state index >= 15 is 0 Å². The molecule has 5 N–H and O–H groups in total. The van der Waals surface area contributed by atoms with Crippen molar-refractivity contribution < 1.29 is 23.4 Å². The predicted octanol–water partition coefficient (Wildman–Crippen LogP) is 6.64. The van der Waals surface area contributed by atoms with Crippen molar-refractivity contribution in [1.82, 2.24) is 19.5 Å². The van der Waals surface area contributed by atoms with Crippen molar-refractivity contribution in [3.8, 4) is 22.9 Å². The Hall–Kier alpha value is -4.55. The Morgan fingerprint density at radius 2 is 1.93 bits per heavy atom. The molecule has 0 aliphatic heterocycles. The molecule has 0 unspecified atom stereocenters. The Bertz CT molecular complexity index is 1700. The molecule has 9 nitrogen and oxygen atoms in total. The number of aromatic nitrogens is 3. The third-order valence-corrected chi connectivity index (χ3v) is 6.93. The van der Waals surface area contributed by atoms with Gasteiger partial charge in [0, 0.05) is 33.6 Å². The Labute approximate surface area is 232 Å². The van der Waals surface area contributed by atoms with Gasteiger partial charge in [0.25, 0.3) is 0 Å². The topological polar surface area (TPSA) is 119 Å². The van der Waals surface area contributed by atoms with Gasteiger partial charge in [-0.3, -0.25) is 9.74 Å². The number of ether oxygens (including phenoxy) is 1. The van der Waals surface area contributed by atoms with Crippen LogP contribution < -0.4 is 24.9 Å². The molecule has 2 aromatic heterocycles. The number of carbonyl (C=O) groups excluding carboxylic acids is 1. The van der Waals surface area contributed by atoms with Crippen LogP contribution >= 0.6 is 12.1 Å². The lowest BCUT2D eigenvalue weighted by Gasteiger charge is -2.12. The lowest BCUT2D eigenvalue weighted by atomic mass is 10.1. The van der Waals surface area contributed by atoms with Gasteiger partial charge in [-0.15, -0.1) is 0 Å². The molecule has 0 radical (unpaired) electrons. The standard InChI is InChI=1S/C28H26F2N6O3S/c1-15(2)34-40-35-22-13-21-17(12-26(22)39-30)11-23(33-21)27(37)19-14-32-36(28(19)31)24-9-8-18(10-16(24)3)38-25-7-5-4-6-20(25)29/h4-15,33-35H,31H2,1-3H3. The van der Waals surface area contributed by atoms with Gasteiger partial charge in [-0.05, 0) is 74.9 Å². The van der Waals surface area contributed by atoms with Crippen LogP contribution in [0.2, 0.25) is 0 Å². The molecule has 0 atom stereocenters. The lowest BCUT2D eigenvalue weighted by molar-refractivity contribution is -0.00504. The van der Waals surface area contributed by atoms with Crippen LogP contribution in [0.15, 0.2) is 66.9 Å². The molecule has 0 fully saturated rings. The van der Waals surface area contributed by atoms with Crippen LogP contribution in [0, 0.1) is 12.7 Å². The summed E-state index contributed by atoms with van der Waals surface area (Å²) in [7, 11) is 0. The van der Waals surface area contributed by atoms with Crippen LogP contribution in [0.1, 0.15) is 35.5 Å². The Morgan fingerprint density at radius 1 is 1.12 bits per heavy atom. The number of carbonyl (C=O) groups is 1. The minimum Gasteiger partial charge on any atom is -0.454 e. The van der Waals surface area contributed by atoms with Gasteiger partial charge in [0.05, 0.1) is 28.8 Å². The normalized spacial score (nSPS) is 11.2. The number of para-hydroxylation sites is 1. The van der Waals surface area contributed by atoms with Crippen LogP contribution in [0.5, 0.6) is 17.2 Å². The fraction of sp³-hybridized carbons (Fsp3) is 0.143. The van der Waals surface area contributed by atoms with E-state index in [4.69, 9.17) is 10.5 Å². The van der Waals surface area contributed by atoms with Gasteiger partial charge in [-0.2, -0.15) is 5.10 Å². The zero-order valence-electron chi connectivity index (χ0n) is 21.8. The smallest absolute Gasteiger partial charge is 0.214 e. The average molecular weight is 565 g/mol. The van der Waals surface area contributed by atoms with E-state index in [1.54, 1.807) is 42.5 Å². The molecule has 3 aromatic carbocycles. The molecular formula is C28H26F2N6O3S. The molecule has 40 heavy (non-hydrogen) atoms. The number of ketones is 1. The summed E-state index contributed by atoms with van der Waals surface area (Å²) >= 11 is 1.19. The number of aromatic amines is 1. The number of hydrogen-bond acceptors (Lipinski definition) is 8. The molecule has 0 saturated heterocycles. The lowest BCUT2D eigenvalue weighted by Crippen LogP contribution is -2.16. The van der Waals surface area contributed by atoms with E-state index < -0.39 is 5.82 Å². The minimum atomic E-state index is -0.469. The maximum atomic E-state index is 14.0. The number of hydrogen-bond donors (Lipinski definition) is 4. The number of anilines is 2. The van der Waals surface area contributed by atoms with E-state index in [2.05, 4.69) is 24.5 Å². The maximum absolute atomic E-state index is 14.0. The number of nitrogens with zero attached hydrogens (tertiary/aromatic N) is 2. The van der Waals surface area contributed by atoms with Gasteiger partial charge in [0.1, 0.15) is 11.6 Å². The molecular weight excluding hydrogens is 538 g/mol. The van der Waals surface area contributed by atoms with E-state index in [1.165, 1.54) is 41.2 Å². The summed E-state index contributed by atoms with van der Waals surface area (Å²) in [4.78, 5) is 20.5. The van der Waals surface area contributed by atoms with Gasteiger partial charge in [-0.25, -0.2) is 13.8 Å². The first-order valence-electron chi connectivity index (χ1n) is 12.3. The molecule has 2 heterocycles. The molecule has 12 heteroatoms. The molecule has 0 saturated carbocycles. The van der Waals surface area contributed by atoms with Crippen LogP contribution in [0.4, 0.5) is 20.4 Å². The second-order valence-electron chi connectivity index (χ2n) is 9.34. The maximum Gasteiger partial charge on any atom is 0.214 e. The number of aryl methyl sites for hydroxylation is 1. The molecule has 206 valence electrons. The van der Waals surface area contributed by atoms with E-state index in [-0.39, 0.29) is 40.4 Å². The number of benzene rings is 3. The second kappa shape index (κ2) is 11.3. The summed E-state index contributed by atoms with van der Waals surface area (Å²) in [5, 5.41) is 4.91. The number of nitrogens with one attached hydrogen (secondary N) is 3. The number of fused-ring (bicyclic) bond motifs is 1. The van der Waals surface area contributed by atoms with Crippen molar-refractivity contribution >= 4 is 40.3 Å². The SMILES string of the molecule is Cc1cc(Oc2ccccc2F)ccc1-n1ncc(C(=O)c2cc3cc(OF)c(NSNC(C)C)cc3[nH]2)c1N. The minimum absolute atomic E-state index is 0.0196. The van der Waals surface area contributed by atoms with Crippen LogP contribution in [-0.2, 0) is 0 Å². The molecule has 5 rings (SSSR count). The van der Waals surface area contributed by atoms with Gasteiger partial charge in [0.15, 0.2) is 17.3 Å². The Balaban J connectivity index is 1.39. The van der Waals surface area contributed by atoms with Crippen LogP contribution in [-0.4, -0.2) is 26.6 Å². The number of halogens is 2. The first-order valence-corrected chi connectivity index (χ1v) is 13.1. The highest BCUT2D eigenvalue weighted by Gasteiger charge is 2.21. The summed E-state index contributed by atoms with van der Waals surface area (Å²) in [6.45, 7) is 5.77. The third kappa shape index (κ3) is 5.44. The van der Waals surface area contributed by atoms with Gasteiger partial charge >= 0.3 is 0 Å². The molecule has 0 amide bonds. The van der Waals surface area contributed by atoms with E-state index in [1.807, 2.05) is 20.8 Å². The number of H-pyrrole nitrogens is 1. The fourth-order valence-corrected chi connectivity index (χ4v) is 4.65. The summed E-state index contributed by atoms with van der Waals surface area (Å²) in [5.41, 5.74) is 9.17. The quantitative estimate of drug-likeness (QED) is 0.110. The summed E-state index contributed by atoms with van der Waals surface area (Å²) < 4.78 is 40.4. The van der Waals surface area contributed by atoms with E-state index in [9.17, 15) is 13.7 Å². The fourth-order valence-electron chi connectivity index (χ4n) is 4.08. The first-order chi connectivity index (χ1) is 19.2. The van der Waals surface area contributed by atoms with Gasteiger partial charge < -0.3 is 20.2 Å². The highest BCUT2D eigenvalue weighted by molar-refractivity contribution is 7.98. The van der Waals surface area contributed by atoms with Gasteiger partial charge in [-0.1, -0.05) is 12.1 Å². The summed E-state index contributed by atoms with van der Waals surface area (Å²) in [6.07, 6.45) is 1.39. The zero-order valence-corrected chi connectivity index (χ0v) is 22.6. The second-order valence-corrected chi connectivity index (χ2v) is 9.98. The highest BCUT2D eigenvalue weighted by atomic mass is 32.2. The van der Waals surface area contributed by atoms with Crippen molar-refractivity contribution in [3.63, 3.8) is 0 Å². The van der Waals surface area contributed by atoms with Crippen molar-refractivity contribution in [2.24, 2.45) is 0 Å². The largest absolute Gasteiger partial charge is 0.454 e. The number of rotatable bonds is 10. The van der Waals surface area contributed by atoms with Crippen molar-refractivity contribution in [2.45, 2.75) is 26.8 Å². The molecule has 0 bridgehead atoms. The Kier molecular flexibility index (Phi) is 7.63. The van der Waals surface area contributed by atoms with Crippen LogP contribution in [0.25, 0.3) is 16.6 Å². The zero-order chi connectivity index (χ0) is 28.4. The molecule has 0 aliphatic carbocycles. The van der Waals surface area contributed by atoms with Crippen LogP contribution in [0.3, 0.4) is 0 Å². The third-order valence-electron chi connectivity index (χ3n) is 6.02. The average Bonchev–Trinajstić information content (AvgIpc) is 3.52. The summed E-state index contributed by atoms with van der Waals surface area (Å²) in [6, 6.07) is 16.2. The monoisotopic (exact) mass is 564 g/mol. The number of nitrogens with two attached hydrogens (primary N) is 1. The first kappa shape index (κ1) is 27.0. The van der Waals surface area contributed by atoms with E-state index in [0.29, 0.717) is 28.0 Å².